The van der Waals surface area contributed by atoms with Gasteiger partial charge in [-0.15, -0.1) is 0 Å². The third-order valence-corrected chi connectivity index (χ3v) is 11.6. The fourth-order valence-corrected chi connectivity index (χ4v) is 9.54. The lowest BCUT2D eigenvalue weighted by Crippen LogP contribution is -2.54. The Labute approximate surface area is 200 Å². The van der Waals surface area contributed by atoms with Gasteiger partial charge in [0.15, 0.2) is 0 Å². The summed E-state index contributed by atoms with van der Waals surface area (Å²) >= 11 is 0. The van der Waals surface area contributed by atoms with Gasteiger partial charge in [-0.25, -0.2) is 0 Å². The molecular formula is C26H45NO5S. The average molecular weight is 484 g/mol. The summed E-state index contributed by atoms with van der Waals surface area (Å²) in [5, 5.41) is 12.9. The van der Waals surface area contributed by atoms with Crippen LogP contribution in [0.5, 0.6) is 0 Å². The number of fused-ring (bicyclic) bond motifs is 5. The number of rotatable bonds is 7. The molecule has 0 aromatic heterocycles. The minimum absolute atomic E-state index is 0.0326. The molecule has 0 aromatic carbocycles. The number of hydrogen-bond acceptors (Lipinski definition) is 4. The highest BCUT2D eigenvalue weighted by Gasteiger charge is 2.60. The van der Waals surface area contributed by atoms with E-state index in [1.807, 2.05) is 0 Å². The van der Waals surface area contributed by atoms with Crippen LogP contribution in [0.4, 0.5) is 0 Å². The molecule has 0 bridgehead atoms. The zero-order chi connectivity index (χ0) is 24.0. The van der Waals surface area contributed by atoms with Crippen LogP contribution in [-0.2, 0) is 14.9 Å². The first kappa shape index (κ1) is 25.4. The molecule has 9 atom stereocenters. The molecule has 0 aromatic rings. The van der Waals surface area contributed by atoms with E-state index in [1.165, 1.54) is 44.9 Å². The average Bonchev–Trinajstić information content (AvgIpc) is 3.09. The summed E-state index contributed by atoms with van der Waals surface area (Å²) in [6, 6.07) is 0. The minimum Gasteiger partial charge on any atom is -0.393 e. The lowest BCUT2D eigenvalue weighted by Gasteiger charge is -2.61. The molecule has 33 heavy (non-hydrogen) atoms. The Morgan fingerprint density at radius 2 is 1.73 bits per heavy atom. The molecule has 4 saturated carbocycles. The topological polar surface area (TPSA) is 104 Å². The van der Waals surface area contributed by atoms with E-state index < -0.39 is 15.9 Å². The maximum absolute atomic E-state index is 12.2. The van der Waals surface area contributed by atoms with Crippen molar-refractivity contribution in [3.63, 3.8) is 0 Å². The molecule has 1 amide bonds. The van der Waals surface area contributed by atoms with Crippen LogP contribution in [0.25, 0.3) is 0 Å². The van der Waals surface area contributed by atoms with E-state index >= 15 is 0 Å². The molecule has 190 valence electrons. The molecule has 0 heterocycles. The van der Waals surface area contributed by atoms with E-state index in [0.717, 1.165) is 37.0 Å². The number of nitrogens with one attached hydrogen (secondary N) is 1. The van der Waals surface area contributed by atoms with Crippen molar-refractivity contribution in [3.8, 4) is 0 Å². The van der Waals surface area contributed by atoms with Gasteiger partial charge in [0.2, 0.25) is 5.91 Å². The highest BCUT2D eigenvalue weighted by Crippen LogP contribution is 2.68. The predicted molar refractivity (Wildman–Crippen MR) is 129 cm³/mol. The Morgan fingerprint density at radius 1 is 1.03 bits per heavy atom. The second kappa shape index (κ2) is 9.42. The molecule has 3 N–H and O–H groups in total. The van der Waals surface area contributed by atoms with Crippen LogP contribution in [-0.4, -0.2) is 42.4 Å². The Balaban J connectivity index is 1.35. The van der Waals surface area contributed by atoms with Gasteiger partial charge < -0.3 is 10.4 Å². The van der Waals surface area contributed by atoms with Crippen LogP contribution >= 0.6 is 0 Å². The van der Waals surface area contributed by atoms with E-state index in [1.54, 1.807) is 0 Å². The highest BCUT2D eigenvalue weighted by atomic mass is 32.2. The fourth-order valence-electron chi connectivity index (χ4n) is 9.18. The summed E-state index contributed by atoms with van der Waals surface area (Å²) < 4.78 is 30.5. The normalized spacial score (nSPS) is 43.8. The molecule has 4 rings (SSSR count). The van der Waals surface area contributed by atoms with Crippen molar-refractivity contribution in [1.82, 2.24) is 5.32 Å². The molecule has 0 spiro atoms. The Kier molecular flexibility index (Phi) is 7.26. The summed E-state index contributed by atoms with van der Waals surface area (Å²) in [7, 11) is -4.04. The maximum atomic E-state index is 12.2. The van der Waals surface area contributed by atoms with E-state index in [9.17, 15) is 18.3 Å². The lowest BCUT2D eigenvalue weighted by atomic mass is 9.44. The van der Waals surface area contributed by atoms with Gasteiger partial charge >= 0.3 is 0 Å². The molecule has 4 aliphatic carbocycles. The maximum Gasteiger partial charge on any atom is 0.266 e. The van der Waals surface area contributed by atoms with Crippen LogP contribution < -0.4 is 5.32 Å². The molecule has 0 saturated heterocycles. The molecular weight excluding hydrogens is 438 g/mol. The summed E-state index contributed by atoms with van der Waals surface area (Å²) in [5.74, 6) is 3.68. The van der Waals surface area contributed by atoms with E-state index in [0.29, 0.717) is 35.0 Å². The van der Waals surface area contributed by atoms with Gasteiger partial charge in [-0.1, -0.05) is 20.8 Å². The number of amides is 1. The summed E-state index contributed by atoms with van der Waals surface area (Å²) in [6.07, 6.45) is 12.1. The van der Waals surface area contributed by atoms with E-state index in [4.69, 9.17) is 4.55 Å². The Hall–Kier alpha value is -0.660. The third-order valence-electron chi connectivity index (χ3n) is 10.9. The molecule has 0 aliphatic heterocycles. The first-order valence-corrected chi connectivity index (χ1v) is 14.9. The van der Waals surface area contributed by atoms with Crippen molar-refractivity contribution in [1.29, 1.82) is 0 Å². The van der Waals surface area contributed by atoms with Crippen LogP contribution in [0, 0.1) is 46.3 Å². The Bertz CT molecular complexity index is 831. The SMILES string of the molecule is C[C@H](CCC(=O)NCCS(=O)(=O)O)[C@H]1CCC2[C@@H]3CC[C@@H]4C[C@H](O)CC[C@]4(C)C3CC[C@@]21C. The summed E-state index contributed by atoms with van der Waals surface area (Å²) in [4.78, 5) is 12.2. The van der Waals surface area contributed by atoms with Crippen LogP contribution in [0.3, 0.4) is 0 Å². The van der Waals surface area contributed by atoms with Crippen LogP contribution in [0.15, 0.2) is 0 Å². The van der Waals surface area contributed by atoms with Gasteiger partial charge in [0.25, 0.3) is 10.1 Å². The molecule has 4 aliphatic rings. The van der Waals surface area contributed by atoms with Crippen molar-refractivity contribution in [2.45, 2.75) is 97.5 Å². The van der Waals surface area contributed by atoms with E-state index in [2.05, 4.69) is 26.1 Å². The van der Waals surface area contributed by atoms with Gasteiger partial charge in [0.1, 0.15) is 0 Å². The van der Waals surface area contributed by atoms with Crippen LogP contribution in [0.1, 0.15) is 91.4 Å². The second-order valence-electron chi connectivity index (χ2n) is 12.5. The van der Waals surface area contributed by atoms with Gasteiger partial charge in [-0.05, 0) is 111 Å². The van der Waals surface area contributed by atoms with Gasteiger partial charge in [0, 0.05) is 13.0 Å². The van der Waals surface area contributed by atoms with Crippen molar-refractivity contribution in [2.75, 3.05) is 12.3 Å². The number of carbonyl (C=O) groups is 1. The molecule has 4 fully saturated rings. The second-order valence-corrected chi connectivity index (χ2v) is 14.0. The zero-order valence-corrected chi connectivity index (χ0v) is 21.6. The summed E-state index contributed by atoms with van der Waals surface area (Å²) in [5.41, 5.74) is 0.771. The zero-order valence-electron chi connectivity index (χ0n) is 20.8. The van der Waals surface area contributed by atoms with Gasteiger partial charge in [0.05, 0.1) is 11.9 Å². The van der Waals surface area contributed by atoms with Gasteiger partial charge in [-0.2, -0.15) is 8.42 Å². The van der Waals surface area contributed by atoms with E-state index in [-0.39, 0.29) is 18.6 Å². The largest absolute Gasteiger partial charge is 0.393 e. The molecule has 2 unspecified atom stereocenters. The lowest BCUT2D eigenvalue weighted by molar-refractivity contribution is -0.129. The number of hydrogen-bond donors (Lipinski definition) is 3. The highest BCUT2D eigenvalue weighted by molar-refractivity contribution is 7.85. The van der Waals surface area contributed by atoms with Crippen molar-refractivity contribution in [2.24, 2.45) is 46.3 Å². The molecule has 0 radical (unpaired) electrons. The number of aliphatic hydroxyl groups is 1. The van der Waals surface area contributed by atoms with Gasteiger partial charge in [-0.3, -0.25) is 9.35 Å². The monoisotopic (exact) mass is 483 g/mol. The minimum atomic E-state index is -4.04. The van der Waals surface area contributed by atoms with Crippen molar-refractivity contribution < 1.29 is 22.9 Å². The third kappa shape index (κ3) is 5.02. The van der Waals surface area contributed by atoms with Crippen molar-refractivity contribution >= 4 is 16.0 Å². The molecule has 6 nitrogen and oxygen atoms in total. The summed E-state index contributed by atoms with van der Waals surface area (Å²) in [6.45, 7) is 7.34. The number of carbonyl (C=O) groups excluding carboxylic acids is 1. The quantitative estimate of drug-likeness (QED) is 0.465. The predicted octanol–water partition coefficient (Wildman–Crippen LogP) is 4.43. The first-order valence-electron chi connectivity index (χ1n) is 13.3. The Morgan fingerprint density at radius 3 is 2.45 bits per heavy atom. The van der Waals surface area contributed by atoms with Crippen molar-refractivity contribution in [3.05, 3.63) is 0 Å². The number of aliphatic hydroxyl groups excluding tert-OH is 1. The van der Waals surface area contributed by atoms with Crippen LogP contribution in [0.2, 0.25) is 0 Å². The fraction of sp³-hybridized carbons (Fsp3) is 0.962. The standard InChI is InChI=1S/C26H45NO5S/c1-17(4-9-24(29)27-14-15-33(30,31)32)21-7-8-22-20-6-5-18-16-19(28)10-12-25(18,2)23(20)11-13-26(21,22)3/h17-23,28H,4-16H2,1-3H3,(H,27,29)(H,30,31,32)/t17-,18-,19-,20+,21-,22?,23?,25+,26-/m1/s1. The first-order chi connectivity index (χ1) is 15.4. The molecule has 7 heteroatoms. The smallest absolute Gasteiger partial charge is 0.266 e.